The Morgan fingerprint density at radius 3 is 2.23 bits per heavy atom. The normalized spacial score (nSPS) is 12.2. The van der Waals surface area contributed by atoms with Crippen LogP contribution in [-0.2, 0) is 9.59 Å². The summed E-state index contributed by atoms with van der Waals surface area (Å²) in [7, 11) is 0. The third kappa shape index (κ3) is 6.48. The summed E-state index contributed by atoms with van der Waals surface area (Å²) in [6.07, 6.45) is 1.31. The van der Waals surface area contributed by atoms with Gasteiger partial charge in [0.05, 0.1) is 10.5 Å². The van der Waals surface area contributed by atoms with Crippen molar-refractivity contribution in [3.8, 4) is 0 Å². The van der Waals surface area contributed by atoms with E-state index in [0.29, 0.717) is 10.0 Å². The molecule has 0 aliphatic heterocycles. The average Bonchev–Trinajstić information content (AvgIpc) is 2.71. The van der Waals surface area contributed by atoms with Gasteiger partial charge in [-0.2, -0.15) is 0 Å². The van der Waals surface area contributed by atoms with E-state index in [1.165, 1.54) is 30.3 Å². The summed E-state index contributed by atoms with van der Waals surface area (Å²) < 4.78 is 0.508. The maximum atomic E-state index is 12.8. The average molecular weight is 490 g/mol. The Balaban J connectivity index is 2.39. The molecule has 2 aromatic rings. The van der Waals surface area contributed by atoms with E-state index in [0.717, 1.165) is 0 Å². The van der Waals surface area contributed by atoms with E-state index in [1.807, 2.05) is 0 Å². The maximum absolute atomic E-state index is 12.8. The molecule has 0 saturated carbocycles. The Kier molecular flexibility index (Phi) is 8.03. The molecule has 1 atom stereocenters. The van der Waals surface area contributed by atoms with E-state index in [2.05, 4.69) is 26.6 Å². The third-order valence-corrected chi connectivity index (χ3v) is 4.94. The van der Waals surface area contributed by atoms with Crippen molar-refractivity contribution < 1.29 is 24.4 Å². The van der Waals surface area contributed by atoms with E-state index in [4.69, 9.17) is 0 Å². The van der Waals surface area contributed by atoms with Crippen molar-refractivity contribution in [2.75, 3.05) is 0 Å². The van der Waals surface area contributed by atoms with Crippen molar-refractivity contribution in [2.45, 2.75) is 19.9 Å². The van der Waals surface area contributed by atoms with Crippen LogP contribution in [0.5, 0.6) is 0 Å². The minimum Gasteiger partial charge on any atom is -0.480 e. The van der Waals surface area contributed by atoms with Crippen LogP contribution in [0.15, 0.2) is 58.7 Å². The van der Waals surface area contributed by atoms with Crippen molar-refractivity contribution in [3.05, 3.63) is 79.9 Å². The number of nitro benzene ring substituents is 1. The van der Waals surface area contributed by atoms with E-state index < -0.39 is 34.7 Å². The first kappa shape index (κ1) is 23.7. The monoisotopic (exact) mass is 489 g/mol. The van der Waals surface area contributed by atoms with Crippen LogP contribution < -0.4 is 10.6 Å². The van der Waals surface area contributed by atoms with Crippen LogP contribution >= 0.6 is 15.9 Å². The lowest BCUT2D eigenvalue weighted by atomic mass is 10.0. The lowest BCUT2D eigenvalue weighted by Gasteiger charge is -2.19. The Morgan fingerprint density at radius 2 is 1.71 bits per heavy atom. The number of nitro groups is 1. The quantitative estimate of drug-likeness (QED) is 0.295. The number of carboxylic acid groups (broad SMARTS) is 1. The number of hydrogen-bond acceptors (Lipinski definition) is 5. The van der Waals surface area contributed by atoms with Crippen molar-refractivity contribution in [1.82, 2.24) is 10.6 Å². The zero-order valence-corrected chi connectivity index (χ0v) is 18.3. The zero-order valence-electron chi connectivity index (χ0n) is 16.7. The molecule has 0 fully saturated rings. The van der Waals surface area contributed by atoms with Gasteiger partial charge < -0.3 is 15.7 Å². The lowest BCUT2D eigenvalue weighted by Crippen LogP contribution is -2.47. The molecule has 0 aliphatic rings. The number of carbonyl (C=O) groups is 3. The molecule has 0 heterocycles. The minimum absolute atomic E-state index is 0.133. The molecule has 2 amide bonds. The van der Waals surface area contributed by atoms with Crippen molar-refractivity contribution in [1.29, 1.82) is 0 Å². The summed E-state index contributed by atoms with van der Waals surface area (Å²) in [4.78, 5) is 47.2. The number of nitrogens with zero attached hydrogens (tertiary/aromatic N) is 1. The second-order valence-electron chi connectivity index (χ2n) is 6.87. The molecule has 0 aromatic heterocycles. The summed E-state index contributed by atoms with van der Waals surface area (Å²) in [5.74, 6) is -3.01. The number of aliphatic carboxylic acids is 1. The molecule has 0 spiro atoms. The molecule has 10 heteroatoms. The SMILES string of the molecule is CC(C)C(NC(=O)C(=Cc1ccc([N+](=O)[O-])cc1)NC(=O)c1ccccc1Br)C(=O)O. The Labute approximate surface area is 186 Å². The van der Waals surface area contributed by atoms with Gasteiger partial charge in [-0.05, 0) is 57.8 Å². The highest BCUT2D eigenvalue weighted by molar-refractivity contribution is 9.10. The van der Waals surface area contributed by atoms with Gasteiger partial charge in [0.15, 0.2) is 0 Å². The molecular weight excluding hydrogens is 470 g/mol. The Bertz CT molecular complexity index is 1030. The zero-order chi connectivity index (χ0) is 23.1. The third-order valence-electron chi connectivity index (χ3n) is 4.25. The van der Waals surface area contributed by atoms with Crippen LogP contribution in [0.3, 0.4) is 0 Å². The number of amides is 2. The van der Waals surface area contributed by atoms with Crippen LogP contribution in [-0.4, -0.2) is 33.9 Å². The van der Waals surface area contributed by atoms with Crippen molar-refractivity contribution >= 4 is 45.5 Å². The Hall–Kier alpha value is -3.53. The topological polar surface area (TPSA) is 139 Å². The van der Waals surface area contributed by atoms with E-state index in [9.17, 15) is 29.6 Å². The largest absolute Gasteiger partial charge is 0.480 e. The highest BCUT2D eigenvalue weighted by Crippen LogP contribution is 2.18. The number of non-ortho nitro benzene ring substituents is 1. The molecular formula is C21H20BrN3O6. The molecule has 2 aromatic carbocycles. The first-order chi connectivity index (χ1) is 14.6. The molecule has 3 N–H and O–H groups in total. The smallest absolute Gasteiger partial charge is 0.326 e. The van der Waals surface area contributed by atoms with Gasteiger partial charge in [0, 0.05) is 16.6 Å². The molecule has 0 aliphatic carbocycles. The minimum atomic E-state index is -1.21. The van der Waals surface area contributed by atoms with Gasteiger partial charge in [-0.25, -0.2) is 4.79 Å². The van der Waals surface area contributed by atoms with Crippen LogP contribution in [0.2, 0.25) is 0 Å². The fourth-order valence-corrected chi connectivity index (χ4v) is 3.05. The lowest BCUT2D eigenvalue weighted by molar-refractivity contribution is -0.384. The van der Waals surface area contributed by atoms with Crippen molar-refractivity contribution in [3.63, 3.8) is 0 Å². The number of carboxylic acids is 1. The molecule has 1 unspecified atom stereocenters. The van der Waals surface area contributed by atoms with Gasteiger partial charge in [0.2, 0.25) is 0 Å². The molecule has 162 valence electrons. The first-order valence-corrected chi connectivity index (χ1v) is 9.95. The van der Waals surface area contributed by atoms with Gasteiger partial charge in [0.1, 0.15) is 11.7 Å². The number of hydrogen-bond donors (Lipinski definition) is 3. The fraction of sp³-hybridized carbons (Fsp3) is 0.190. The molecule has 0 radical (unpaired) electrons. The number of carbonyl (C=O) groups excluding carboxylic acids is 2. The van der Waals surface area contributed by atoms with E-state index in [1.54, 1.807) is 38.1 Å². The van der Waals surface area contributed by atoms with Gasteiger partial charge in [-0.15, -0.1) is 0 Å². The number of benzene rings is 2. The van der Waals surface area contributed by atoms with Crippen LogP contribution in [0.1, 0.15) is 29.8 Å². The summed E-state index contributed by atoms with van der Waals surface area (Å²) in [6, 6.07) is 10.7. The van der Waals surface area contributed by atoms with E-state index >= 15 is 0 Å². The van der Waals surface area contributed by atoms with Crippen LogP contribution in [0.25, 0.3) is 6.08 Å². The van der Waals surface area contributed by atoms with Gasteiger partial charge in [-0.3, -0.25) is 19.7 Å². The molecule has 2 rings (SSSR count). The number of nitrogens with one attached hydrogen (secondary N) is 2. The summed E-state index contributed by atoms with van der Waals surface area (Å²) in [5, 5.41) is 25.1. The molecule has 0 bridgehead atoms. The number of rotatable bonds is 8. The first-order valence-electron chi connectivity index (χ1n) is 9.16. The van der Waals surface area contributed by atoms with Crippen molar-refractivity contribution in [2.24, 2.45) is 5.92 Å². The fourth-order valence-electron chi connectivity index (χ4n) is 2.58. The second kappa shape index (κ2) is 10.5. The van der Waals surface area contributed by atoms with E-state index in [-0.39, 0.29) is 16.9 Å². The van der Waals surface area contributed by atoms with Crippen LogP contribution in [0, 0.1) is 16.0 Å². The summed E-state index contributed by atoms with van der Waals surface area (Å²) in [6.45, 7) is 3.27. The second-order valence-corrected chi connectivity index (χ2v) is 7.73. The Morgan fingerprint density at radius 1 is 1.10 bits per heavy atom. The predicted molar refractivity (Wildman–Crippen MR) is 117 cm³/mol. The highest BCUT2D eigenvalue weighted by atomic mass is 79.9. The standard InChI is InChI=1S/C21H20BrN3O6/c1-12(2)18(21(28)29)24-20(27)17(11-13-7-9-14(10-8-13)25(30)31)23-19(26)15-5-3-4-6-16(15)22/h3-12,18H,1-2H3,(H,23,26)(H,24,27)(H,28,29). The maximum Gasteiger partial charge on any atom is 0.326 e. The van der Waals surface area contributed by atoms with Gasteiger partial charge in [0.25, 0.3) is 17.5 Å². The summed E-state index contributed by atoms with van der Waals surface area (Å²) in [5.41, 5.74) is 0.329. The summed E-state index contributed by atoms with van der Waals surface area (Å²) >= 11 is 3.27. The number of halogens is 1. The van der Waals surface area contributed by atoms with Crippen LogP contribution in [0.4, 0.5) is 5.69 Å². The van der Waals surface area contributed by atoms with Gasteiger partial charge in [-0.1, -0.05) is 26.0 Å². The molecule has 0 saturated heterocycles. The molecule has 9 nitrogen and oxygen atoms in total. The highest BCUT2D eigenvalue weighted by Gasteiger charge is 2.26. The predicted octanol–water partition coefficient (Wildman–Crippen LogP) is 3.35. The van der Waals surface area contributed by atoms with Gasteiger partial charge >= 0.3 is 5.97 Å². The molecule has 31 heavy (non-hydrogen) atoms.